The third-order valence-electron chi connectivity index (χ3n) is 1.70. The Balaban J connectivity index is 3.19. The molecular formula is C9H8N2O2S. The smallest absolute Gasteiger partial charge is 0.411 e. The van der Waals surface area contributed by atoms with Crippen molar-refractivity contribution in [1.82, 2.24) is 0 Å². The fourth-order valence-electron chi connectivity index (χ4n) is 0.995. The van der Waals surface area contributed by atoms with Crippen molar-refractivity contribution in [2.45, 2.75) is 0 Å². The molecule has 0 fully saturated rings. The molecule has 0 atom stereocenters. The van der Waals surface area contributed by atoms with Gasteiger partial charge in [0.05, 0.1) is 16.5 Å². The molecule has 4 nitrogen and oxygen atoms in total. The maximum atomic E-state index is 10.7. The van der Waals surface area contributed by atoms with Crippen LogP contribution in [0.5, 0.6) is 0 Å². The highest BCUT2D eigenvalue weighted by molar-refractivity contribution is 7.78. The molecule has 0 spiro atoms. The maximum Gasteiger partial charge on any atom is 0.411 e. The summed E-state index contributed by atoms with van der Waals surface area (Å²) in [6.45, 7) is 0. The van der Waals surface area contributed by atoms with Crippen molar-refractivity contribution in [3.63, 3.8) is 0 Å². The van der Waals surface area contributed by atoms with Crippen LogP contribution >= 0.6 is 12.2 Å². The van der Waals surface area contributed by atoms with Crippen LogP contribution in [0.1, 0.15) is 0 Å². The molecule has 1 N–H and O–H groups in total. The van der Waals surface area contributed by atoms with Gasteiger partial charge < -0.3 is 5.11 Å². The molecule has 0 aliphatic carbocycles. The Kier molecular flexibility index (Phi) is 3.34. The van der Waals surface area contributed by atoms with Crippen molar-refractivity contribution >= 4 is 34.8 Å². The fraction of sp³-hybridized carbons (Fsp3) is 0.111. The van der Waals surface area contributed by atoms with Crippen molar-refractivity contribution in [3.8, 4) is 0 Å². The van der Waals surface area contributed by atoms with E-state index in [1.807, 2.05) is 0 Å². The van der Waals surface area contributed by atoms with Crippen molar-refractivity contribution in [1.29, 1.82) is 0 Å². The highest BCUT2D eigenvalue weighted by Crippen LogP contribution is 2.26. The van der Waals surface area contributed by atoms with Crippen LogP contribution in [-0.4, -0.2) is 23.4 Å². The summed E-state index contributed by atoms with van der Waals surface area (Å²) in [5.41, 5.74) is 0.977. The summed E-state index contributed by atoms with van der Waals surface area (Å²) in [5.74, 6) is 0. The largest absolute Gasteiger partial charge is 0.465 e. The van der Waals surface area contributed by atoms with Gasteiger partial charge in [0, 0.05) is 7.05 Å². The van der Waals surface area contributed by atoms with Gasteiger partial charge in [-0.1, -0.05) is 12.1 Å². The molecular weight excluding hydrogens is 200 g/mol. The first-order valence-electron chi connectivity index (χ1n) is 3.80. The van der Waals surface area contributed by atoms with E-state index in [0.717, 1.165) is 4.90 Å². The Bertz CT molecular complexity index is 400. The van der Waals surface area contributed by atoms with Crippen LogP contribution in [0.3, 0.4) is 0 Å². The third-order valence-corrected chi connectivity index (χ3v) is 1.79. The molecule has 0 unspecified atom stereocenters. The summed E-state index contributed by atoms with van der Waals surface area (Å²) >= 11 is 4.46. The lowest BCUT2D eigenvalue weighted by Gasteiger charge is -2.14. The van der Waals surface area contributed by atoms with Crippen LogP contribution in [0.25, 0.3) is 0 Å². The zero-order valence-electron chi connectivity index (χ0n) is 7.47. The first-order valence-corrected chi connectivity index (χ1v) is 4.21. The monoisotopic (exact) mass is 208 g/mol. The number of isothiocyanates is 1. The molecule has 14 heavy (non-hydrogen) atoms. The standard InChI is InChI=1S/C9H8N2O2S/c1-11(9(12)13)8-5-3-2-4-7(8)10-6-14/h2-5H,1H3,(H,12,13). The van der Waals surface area contributed by atoms with Gasteiger partial charge in [0.15, 0.2) is 0 Å². The van der Waals surface area contributed by atoms with E-state index >= 15 is 0 Å². The van der Waals surface area contributed by atoms with Crippen LogP contribution in [0.15, 0.2) is 29.3 Å². The molecule has 1 rings (SSSR count). The summed E-state index contributed by atoms with van der Waals surface area (Å²) < 4.78 is 0. The van der Waals surface area contributed by atoms with E-state index < -0.39 is 6.09 Å². The van der Waals surface area contributed by atoms with Crippen LogP contribution in [0.4, 0.5) is 16.2 Å². The molecule has 0 aliphatic heterocycles. The van der Waals surface area contributed by atoms with Gasteiger partial charge >= 0.3 is 6.09 Å². The topological polar surface area (TPSA) is 52.9 Å². The minimum absolute atomic E-state index is 0.484. The Morgan fingerprint density at radius 1 is 1.57 bits per heavy atom. The van der Waals surface area contributed by atoms with Gasteiger partial charge in [-0.3, -0.25) is 4.90 Å². The zero-order chi connectivity index (χ0) is 10.6. The number of aliphatic imine (C=N–C) groups is 1. The van der Waals surface area contributed by atoms with E-state index in [-0.39, 0.29) is 0 Å². The van der Waals surface area contributed by atoms with Gasteiger partial charge in [0.1, 0.15) is 0 Å². The number of rotatable bonds is 2. The summed E-state index contributed by atoms with van der Waals surface area (Å²) in [5, 5.41) is 11.0. The van der Waals surface area contributed by atoms with Crippen molar-refractivity contribution < 1.29 is 9.90 Å². The van der Waals surface area contributed by atoms with Gasteiger partial charge in [-0.15, -0.1) is 0 Å². The lowest BCUT2D eigenvalue weighted by molar-refractivity contribution is 0.203. The van der Waals surface area contributed by atoms with Gasteiger partial charge in [-0.05, 0) is 24.4 Å². The number of nitrogens with zero attached hydrogens (tertiary/aromatic N) is 2. The van der Waals surface area contributed by atoms with E-state index in [0.29, 0.717) is 11.4 Å². The molecule has 0 radical (unpaired) electrons. The Labute approximate surface area is 86.5 Å². The predicted octanol–water partition coefficient (Wildman–Crippen LogP) is 2.54. The molecule has 72 valence electrons. The van der Waals surface area contributed by atoms with Crippen LogP contribution in [0, 0.1) is 0 Å². The third kappa shape index (κ3) is 2.16. The molecule has 0 saturated heterocycles. The maximum absolute atomic E-state index is 10.7. The number of carbonyl (C=O) groups is 1. The number of thiocarbonyl (C=S) groups is 1. The van der Waals surface area contributed by atoms with Crippen molar-refractivity contribution in [2.24, 2.45) is 4.99 Å². The number of carboxylic acid groups (broad SMARTS) is 1. The van der Waals surface area contributed by atoms with Gasteiger partial charge in [-0.2, -0.15) is 4.99 Å². The minimum Gasteiger partial charge on any atom is -0.465 e. The average molecular weight is 208 g/mol. The van der Waals surface area contributed by atoms with E-state index in [1.54, 1.807) is 24.3 Å². The highest BCUT2D eigenvalue weighted by Gasteiger charge is 2.11. The summed E-state index contributed by atoms with van der Waals surface area (Å²) in [7, 11) is 1.44. The number of hydrogen-bond acceptors (Lipinski definition) is 3. The van der Waals surface area contributed by atoms with Gasteiger partial charge in [0.25, 0.3) is 0 Å². The van der Waals surface area contributed by atoms with E-state index in [1.165, 1.54) is 7.05 Å². The molecule has 1 amide bonds. The number of amides is 1. The number of benzene rings is 1. The molecule has 0 aromatic heterocycles. The Hall–Kier alpha value is -1.71. The normalized spacial score (nSPS) is 8.93. The zero-order valence-corrected chi connectivity index (χ0v) is 8.28. The molecule has 1 aromatic rings. The number of hydrogen-bond donors (Lipinski definition) is 1. The highest BCUT2D eigenvalue weighted by atomic mass is 32.1. The molecule has 0 heterocycles. The lowest BCUT2D eigenvalue weighted by Crippen LogP contribution is -2.23. The van der Waals surface area contributed by atoms with Crippen molar-refractivity contribution in [3.05, 3.63) is 24.3 Å². The first-order chi connectivity index (χ1) is 6.66. The summed E-state index contributed by atoms with van der Waals surface area (Å²) in [4.78, 5) is 15.5. The second-order valence-electron chi connectivity index (χ2n) is 2.53. The average Bonchev–Trinajstić information content (AvgIpc) is 2.18. The molecule has 1 aromatic carbocycles. The minimum atomic E-state index is -1.04. The van der Waals surface area contributed by atoms with Crippen LogP contribution < -0.4 is 4.90 Å². The second kappa shape index (κ2) is 4.50. The van der Waals surface area contributed by atoms with E-state index in [4.69, 9.17) is 5.11 Å². The van der Waals surface area contributed by atoms with Gasteiger partial charge in [-0.25, -0.2) is 4.79 Å². The Morgan fingerprint density at radius 3 is 2.79 bits per heavy atom. The molecule has 0 aliphatic rings. The number of para-hydroxylation sites is 2. The SMILES string of the molecule is CN(C(=O)O)c1ccccc1N=C=S. The Morgan fingerprint density at radius 2 is 2.21 bits per heavy atom. The summed E-state index contributed by atoms with van der Waals surface area (Å²) in [6, 6.07) is 6.82. The van der Waals surface area contributed by atoms with Gasteiger partial charge in [0.2, 0.25) is 0 Å². The second-order valence-corrected chi connectivity index (χ2v) is 2.72. The quantitative estimate of drug-likeness (QED) is 0.600. The van der Waals surface area contributed by atoms with Crippen LogP contribution in [-0.2, 0) is 0 Å². The lowest BCUT2D eigenvalue weighted by atomic mass is 10.2. The van der Waals surface area contributed by atoms with E-state index in [9.17, 15) is 4.79 Å². The van der Waals surface area contributed by atoms with Crippen LogP contribution in [0.2, 0.25) is 0 Å². The van der Waals surface area contributed by atoms with Crippen molar-refractivity contribution in [2.75, 3.05) is 11.9 Å². The fourth-order valence-corrected chi connectivity index (χ4v) is 1.09. The molecule has 0 saturated carbocycles. The predicted molar refractivity (Wildman–Crippen MR) is 57.6 cm³/mol. The summed E-state index contributed by atoms with van der Waals surface area (Å²) in [6.07, 6.45) is -1.04. The first kappa shape index (κ1) is 10.4. The number of anilines is 1. The van der Waals surface area contributed by atoms with E-state index in [2.05, 4.69) is 22.4 Å². The molecule has 5 heteroatoms. The molecule has 0 bridgehead atoms.